The summed E-state index contributed by atoms with van der Waals surface area (Å²) in [6.07, 6.45) is 0.0173. The zero-order chi connectivity index (χ0) is 39.0. The van der Waals surface area contributed by atoms with Crippen LogP contribution in [0.15, 0.2) is 0 Å². The Balaban J connectivity index is 1.63. The molecule has 0 saturated carbocycles. The third-order valence-electron chi connectivity index (χ3n) is 6.57. The number of amides is 2. The normalized spacial score (nSPS) is 13.0. The van der Waals surface area contributed by atoms with Crippen LogP contribution >= 0.6 is 0 Å². The fraction of sp³-hybridized carbons (Fsp3) is 0.882. The molecule has 0 spiro atoms. The Kier molecular flexibility index (Phi) is 35.6. The number of carbonyl (C=O) groups is 4. The zero-order valence-corrected chi connectivity index (χ0v) is 31.5. The van der Waals surface area contributed by atoms with E-state index in [2.05, 4.69) is 0 Å². The number of carboxylic acids is 1. The Morgan fingerprint density at radius 2 is 0.574 bits per heavy atom. The van der Waals surface area contributed by atoms with Crippen LogP contribution in [0.1, 0.15) is 25.7 Å². The van der Waals surface area contributed by atoms with E-state index in [1.807, 2.05) is 0 Å². The van der Waals surface area contributed by atoms with Gasteiger partial charge in [0, 0.05) is 12.8 Å². The van der Waals surface area contributed by atoms with Crippen LogP contribution in [0.5, 0.6) is 0 Å². The van der Waals surface area contributed by atoms with Gasteiger partial charge in [-0.1, -0.05) is 0 Å². The summed E-state index contributed by atoms with van der Waals surface area (Å²) in [6, 6.07) is 0. The number of aliphatic carboxylic acids is 1. The van der Waals surface area contributed by atoms with Crippen LogP contribution in [0, 0.1) is 0 Å². The summed E-state index contributed by atoms with van der Waals surface area (Å²) in [6.45, 7) is 10.6. The highest BCUT2D eigenvalue weighted by molar-refractivity contribution is 6.01. The van der Waals surface area contributed by atoms with E-state index in [1.165, 1.54) is 0 Å². The van der Waals surface area contributed by atoms with E-state index in [9.17, 15) is 19.2 Å². The second-order valence-corrected chi connectivity index (χ2v) is 10.9. The van der Waals surface area contributed by atoms with E-state index >= 15 is 0 Å². The lowest BCUT2D eigenvalue weighted by Gasteiger charge is -2.12. The Morgan fingerprint density at radius 3 is 0.796 bits per heavy atom. The third-order valence-corrected chi connectivity index (χ3v) is 6.57. The molecule has 0 atom stereocenters. The van der Waals surface area contributed by atoms with E-state index < -0.39 is 23.8 Å². The highest BCUT2D eigenvalue weighted by atomic mass is 16.7. The molecule has 1 fully saturated rings. The molecule has 1 N–H and O–H groups in total. The molecule has 1 aliphatic heterocycles. The van der Waals surface area contributed by atoms with Crippen LogP contribution in [0.2, 0.25) is 0 Å². The average molecular weight is 788 g/mol. The van der Waals surface area contributed by atoms with Crippen molar-refractivity contribution in [1.82, 2.24) is 5.06 Å². The molecular formula is C34H61NO19. The summed E-state index contributed by atoms with van der Waals surface area (Å²) in [5.41, 5.74) is 0. The van der Waals surface area contributed by atoms with Gasteiger partial charge >= 0.3 is 11.9 Å². The molecule has 1 heterocycles. The lowest BCUT2D eigenvalue weighted by atomic mass is 10.4. The van der Waals surface area contributed by atoms with Crippen molar-refractivity contribution in [3.63, 3.8) is 0 Å². The first-order valence-corrected chi connectivity index (χ1v) is 18.3. The van der Waals surface area contributed by atoms with Crippen molar-refractivity contribution >= 4 is 23.8 Å². The van der Waals surface area contributed by atoms with Gasteiger partial charge in [-0.05, 0) is 0 Å². The van der Waals surface area contributed by atoms with Gasteiger partial charge in [-0.15, -0.1) is 5.06 Å². The first-order chi connectivity index (χ1) is 26.5. The third kappa shape index (κ3) is 34.1. The zero-order valence-electron chi connectivity index (χ0n) is 31.5. The van der Waals surface area contributed by atoms with Crippen molar-refractivity contribution < 1.29 is 90.7 Å². The first-order valence-electron chi connectivity index (χ1n) is 18.3. The van der Waals surface area contributed by atoms with Crippen LogP contribution in [-0.4, -0.2) is 206 Å². The predicted octanol–water partition coefficient (Wildman–Crippen LogP) is -0.326. The molecule has 20 nitrogen and oxygen atoms in total. The van der Waals surface area contributed by atoms with Gasteiger partial charge in [0.2, 0.25) is 0 Å². The molecule has 1 aliphatic rings. The van der Waals surface area contributed by atoms with E-state index in [0.29, 0.717) is 157 Å². The largest absolute Gasteiger partial charge is 0.481 e. The quantitative estimate of drug-likeness (QED) is 0.0618. The standard InChI is InChI=1S/C34H61NO19/c36-31-1-2-32(37)35(31)54-34(40)4-6-42-8-10-44-12-14-46-16-18-48-20-22-50-24-26-52-28-30-53-29-27-51-25-23-49-21-19-47-17-15-45-13-11-43-9-7-41-5-3-33(38)39/h1-30H2,(H,38,39). The van der Waals surface area contributed by atoms with Gasteiger partial charge in [-0.25, -0.2) is 4.79 Å². The molecular weight excluding hydrogens is 726 g/mol. The molecule has 0 aromatic rings. The average Bonchev–Trinajstić information content (AvgIpc) is 3.47. The fourth-order valence-electron chi connectivity index (χ4n) is 3.86. The minimum atomic E-state index is -0.882. The number of nitrogens with zero attached hydrogens (tertiary/aromatic N) is 1. The summed E-state index contributed by atoms with van der Waals surface area (Å²) >= 11 is 0. The van der Waals surface area contributed by atoms with Gasteiger partial charge < -0.3 is 71.5 Å². The number of hydroxylamine groups is 2. The summed E-state index contributed by atoms with van der Waals surface area (Å²) in [5, 5.41) is 9.01. The van der Waals surface area contributed by atoms with Crippen LogP contribution < -0.4 is 0 Å². The van der Waals surface area contributed by atoms with Gasteiger partial charge in [0.1, 0.15) is 0 Å². The fourth-order valence-corrected chi connectivity index (χ4v) is 3.86. The first kappa shape index (κ1) is 49.6. The number of hydrogen-bond acceptors (Lipinski definition) is 18. The summed E-state index contributed by atoms with van der Waals surface area (Å²) in [4.78, 5) is 49.5. The minimum absolute atomic E-state index is 0.0116. The molecule has 20 heteroatoms. The maximum atomic E-state index is 11.7. The Bertz CT molecular complexity index is 898. The van der Waals surface area contributed by atoms with Crippen LogP contribution in [-0.2, 0) is 85.6 Å². The summed E-state index contributed by atoms with van der Waals surface area (Å²) in [7, 11) is 0. The smallest absolute Gasteiger partial charge is 0.335 e. The van der Waals surface area contributed by atoms with E-state index in [0.717, 1.165) is 0 Å². The highest BCUT2D eigenvalue weighted by Gasteiger charge is 2.32. The minimum Gasteiger partial charge on any atom is -0.481 e. The molecule has 0 aliphatic carbocycles. The highest BCUT2D eigenvalue weighted by Crippen LogP contribution is 2.12. The molecule has 54 heavy (non-hydrogen) atoms. The maximum Gasteiger partial charge on any atom is 0.335 e. The second-order valence-electron chi connectivity index (χ2n) is 10.9. The Hall–Kier alpha value is -2.44. The lowest BCUT2D eigenvalue weighted by molar-refractivity contribution is -0.198. The Labute approximate surface area is 317 Å². The van der Waals surface area contributed by atoms with Crippen molar-refractivity contribution in [3.05, 3.63) is 0 Å². The van der Waals surface area contributed by atoms with E-state index in [1.54, 1.807) is 0 Å². The van der Waals surface area contributed by atoms with Crippen molar-refractivity contribution in [2.45, 2.75) is 25.7 Å². The molecule has 1 rings (SSSR count). The number of hydrogen-bond donors (Lipinski definition) is 1. The SMILES string of the molecule is O=C(O)CCOCCOCCOCCOCCOCCOCCOCCOCCOCCOCCOCCOCCOCCC(=O)ON1C(=O)CCC1=O. The van der Waals surface area contributed by atoms with Crippen LogP contribution in [0.3, 0.4) is 0 Å². The predicted molar refractivity (Wildman–Crippen MR) is 185 cm³/mol. The van der Waals surface area contributed by atoms with Gasteiger partial charge in [0.15, 0.2) is 0 Å². The van der Waals surface area contributed by atoms with Gasteiger partial charge in [0.05, 0.1) is 185 Å². The number of carboxylic acid groups (broad SMARTS) is 1. The molecule has 0 aromatic carbocycles. The molecule has 0 bridgehead atoms. The van der Waals surface area contributed by atoms with Gasteiger partial charge in [-0.3, -0.25) is 14.4 Å². The molecule has 0 radical (unpaired) electrons. The van der Waals surface area contributed by atoms with E-state index in [-0.39, 0.29) is 45.5 Å². The van der Waals surface area contributed by atoms with Crippen molar-refractivity contribution in [1.29, 1.82) is 0 Å². The molecule has 316 valence electrons. The maximum absolute atomic E-state index is 11.7. The Morgan fingerprint density at radius 1 is 0.370 bits per heavy atom. The van der Waals surface area contributed by atoms with Crippen molar-refractivity contribution in [3.8, 4) is 0 Å². The van der Waals surface area contributed by atoms with Crippen LogP contribution in [0.25, 0.3) is 0 Å². The van der Waals surface area contributed by atoms with Gasteiger partial charge in [0.25, 0.3) is 11.8 Å². The topological polar surface area (TPSA) is 221 Å². The molecule has 0 aromatic heterocycles. The molecule has 1 saturated heterocycles. The summed E-state index contributed by atoms with van der Waals surface area (Å²) in [5.74, 6) is -2.62. The molecule has 0 unspecified atom stereocenters. The second kappa shape index (κ2) is 38.8. The number of ether oxygens (including phenoxy) is 13. The van der Waals surface area contributed by atoms with Gasteiger partial charge in [-0.2, -0.15) is 0 Å². The number of rotatable bonds is 43. The van der Waals surface area contributed by atoms with Crippen LogP contribution in [0.4, 0.5) is 0 Å². The molecule has 2 amide bonds. The van der Waals surface area contributed by atoms with Crippen molar-refractivity contribution in [2.75, 3.05) is 172 Å². The van der Waals surface area contributed by atoms with Crippen molar-refractivity contribution in [2.24, 2.45) is 0 Å². The monoisotopic (exact) mass is 787 g/mol. The number of imide groups is 1. The summed E-state index contributed by atoms with van der Waals surface area (Å²) < 4.78 is 70.1. The van der Waals surface area contributed by atoms with E-state index in [4.69, 9.17) is 71.5 Å². The number of carbonyl (C=O) groups excluding carboxylic acids is 3. The lowest BCUT2D eigenvalue weighted by Crippen LogP contribution is -2.32.